The Labute approximate surface area is 212 Å². The van der Waals surface area contributed by atoms with Crippen molar-refractivity contribution in [1.29, 1.82) is 0 Å². The van der Waals surface area contributed by atoms with Gasteiger partial charge in [-0.2, -0.15) is 4.31 Å². The minimum absolute atomic E-state index is 0.00114. The molecular formula is C27H34FN3O4S. The zero-order valence-corrected chi connectivity index (χ0v) is 21.6. The molecule has 0 radical (unpaired) electrons. The Morgan fingerprint density at radius 1 is 1.03 bits per heavy atom. The van der Waals surface area contributed by atoms with E-state index < -0.39 is 33.8 Å². The van der Waals surface area contributed by atoms with Crippen LogP contribution in [0, 0.1) is 12.7 Å². The van der Waals surface area contributed by atoms with Crippen LogP contribution >= 0.6 is 0 Å². The molecule has 2 fully saturated rings. The van der Waals surface area contributed by atoms with E-state index in [1.54, 1.807) is 18.2 Å². The lowest BCUT2D eigenvalue weighted by molar-refractivity contribution is -0.128. The van der Waals surface area contributed by atoms with Crippen LogP contribution in [-0.4, -0.2) is 49.4 Å². The highest BCUT2D eigenvalue weighted by Gasteiger charge is 2.43. The van der Waals surface area contributed by atoms with E-state index in [-0.39, 0.29) is 24.2 Å². The van der Waals surface area contributed by atoms with Crippen molar-refractivity contribution in [1.82, 2.24) is 9.62 Å². The largest absolute Gasteiger partial charge is 0.351 e. The van der Waals surface area contributed by atoms with Gasteiger partial charge in [-0.3, -0.25) is 14.5 Å². The number of hydrogen-bond acceptors (Lipinski definition) is 4. The number of halogens is 1. The van der Waals surface area contributed by atoms with Gasteiger partial charge in [0.1, 0.15) is 17.9 Å². The van der Waals surface area contributed by atoms with E-state index in [1.807, 2.05) is 19.1 Å². The molecule has 2 amide bonds. The minimum Gasteiger partial charge on any atom is -0.351 e. The van der Waals surface area contributed by atoms with Gasteiger partial charge in [-0.1, -0.05) is 49.6 Å². The molecule has 0 aromatic heterocycles. The molecule has 1 aliphatic carbocycles. The Bertz CT molecular complexity index is 1210. The van der Waals surface area contributed by atoms with Crippen molar-refractivity contribution < 1.29 is 22.4 Å². The van der Waals surface area contributed by atoms with E-state index >= 15 is 0 Å². The first kappa shape index (κ1) is 26.3. The summed E-state index contributed by atoms with van der Waals surface area (Å²) in [5.74, 6) is -1.43. The first-order valence-electron chi connectivity index (χ1n) is 12.6. The van der Waals surface area contributed by atoms with E-state index in [0.29, 0.717) is 18.4 Å². The maximum absolute atomic E-state index is 14.4. The van der Waals surface area contributed by atoms with Gasteiger partial charge in [0.2, 0.25) is 21.8 Å². The number of nitrogens with one attached hydrogen (secondary N) is 1. The molecule has 1 saturated carbocycles. The van der Waals surface area contributed by atoms with Crippen LogP contribution in [0.4, 0.5) is 10.1 Å². The molecule has 2 unspecified atom stereocenters. The summed E-state index contributed by atoms with van der Waals surface area (Å²) in [4.78, 5) is 29.4. The molecule has 0 bridgehead atoms. The summed E-state index contributed by atoms with van der Waals surface area (Å²) in [5, 5.41) is 3.14. The van der Waals surface area contributed by atoms with Crippen LogP contribution in [0.1, 0.15) is 62.1 Å². The number of benzene rings is 2. The maximum Gasteiger partial charge on any atom is 0.248 e. The third-order valence-corrected chi connectivity index (χ3v) is 8.47. The van der Waals surface area contributed by atoms with Gasteiger partial charge in [0.15, 0.2) is 0 Å². The van der Waals surface area contributed by atoms with Crippen molar-refractivity contribution in [3.8, 4) is 0 Å². The summed E-state index contributed by atoms with van der Waals surface area (Å²) in [7, 11) is -3.65. The smallest absolute Gasteiger partial charge is 0.248 e. The van der Waals surface area contributed by atoms with Crippen LogP contribution in [0.3, 0.4) is 0 Å². The zero-order valence-electron chi connectivity index (χ0n) is 20.8. The summed E-state index contributed by atoms with van der Waals surface area (Å²) in [6, 6.07) is 10.8. The number of nitrogens with zero attached hydrogens (tertiary/aromatic N) is 2. The van der Waals surface area contributed by atoms with E-state index in [4.69, 9.17) is 0 Å². The quantitative estimate of drug-likeness (QED) is 0.602. The molecule has 36 heavy (non-hydrogen) atoms. The molecule has 0 spiro atoms. The monoisotopic (exact) mass is 515 g/mol. The average molecular weight is 516 g/mol. The summed E-state index contributed by atoms with van der Waals surface area (Å²) >= 11 is 0. The van der Waals surface area contributed by atoms with Crippen molar-refractivity contribution in [2.75, 3.05) is 17.7 Å². The predicted molar refractivity (Wildman–Crippen MR) is 137 cm³/mol. The van der Waals surface area contributed by atoms with Crippen LogP contribution in [-0.2, 0) is 19.6 Å². The highest BCUT2D eigenvalue weighted by molar-refractivity contribution is 7.88. The Kier molecular flexibility index (Phi) is 8.10. The first-order valence-corrected chi connectivity index (χ1v) is 14.4. The van der Waals surface area contributed by atoms with Crippen LogP contribution in [0.15, 0.2) is 48.5 Å². The van der Waals surface area contributed by atoms with E-state index in [1.165, 1.54) is 27.4 Å². The standard InChI is InChI=1S/C27H34FN3O4S/c1-19-10-6-7-15-23(19)25(26(32)29-21-12-4-3-5-13-21)31(22-14-8-11-20(28)18-22)27(33)24-16-9-17-30(24)36(2,34)35/h6-8,10-11,14-15,18,21,24-25H,3-5,9,12-13,16-17H2,1-2H3,(H,29,32). The van der Waals surface area contributed by atoms with Crippen LogP contribution in [0.5, 0.6) is 0 Å². The maximum atomic E-state index is 14.4. The van der Waals surface area contributed by atoms with Gasteiger partial charge in [-0.15, -0.1) is 0 Å². The molecule has 2 aromatic carbocycles. The molecule has 1 saturated heterocycles. The van der Waals surface area contributed by atoms with Gasteiger partial charge in [-0.05, 0) is 61.9 Å². The van der Waals surface area contributed by atoms with Gasteiger partial charge in [0, 0.05) is 18.3 Å². The molecule has 2 aromatic rings. The number of amides is 2. The third kappa shape index (κ3) is 5.78. The summed E-state index contributed by atoms with van der Waals surface area (Å²) < 4.78 is 40.5. The fourth-order valence-corrected chi connectivity index (χ4v) is 6.51. The van der Waals surface area contributed by atoms with Crippen molar-refractivity contribution in [3.63, 3.8) is 0 Å². The predicted octanol–water partition coefficient (Wildman–Crippen LogP) is 4.08. The number of sulfonamides is 1. The second-order valence-corrected chi connectivity index (χ2v) is 11.8. The number of rotatable bonds is 7. The fraction of sp³-hybridized carbons (Fsp3) is 0.481. The van der Waals surface area contributed by atoms with E-state index in [9.17, 15) is 22.4 Å². The number of hydrogen-bond donors (Lipinski definition) is 1. The third-order valence-electron chi connectivity index (χ3n) is 7.18. The second-order valence-electron chi connectivity index (χ2n) is 9.82. The average Bonchev–Trinajstić information content (AvgIpc) is 3.34. The minimum atomic E-state index is -3.65. The molecule has 1 aliphatic heterocycles. The van der Waals surface area contributed by atoms with Crippen molar-refractivity contribution in [3.05, 3.63) is 65.5 Å². The van der Waals surface area contributed by atoms with Crippen LogP contribution in [0.25, 0.3) is 0 Å². The van der Waals surface area contributed by atoms with Crippen molar-refractivity contribution in [2.24, 2.45) is 0 Å². The molecule has 2 atom stereocenters. The zero-order chi connectivity index (χ0) is 25.9. The van der Waals surface area contributed by atoms with Crippen molar-refractivity contribution >= 4 is 27.5 Å². The summed E-state index contributed by atoms with van der Waals surface area (Å²) in [6.45, 7) is 2.10. The lowest BCUT2D eigenvalue weighted by atomic mass is 9.93. The second kappa shape index (κ2) is 11.1. The van der Waals surface area contributed by atoms with E-state index in [2.05, 4.69) is 5.32 Å². The lowest BCUT2D eigenvalue weighted by Crippen LogP contribution is -2.53. The summed E-state index contributed by atoms with van der Waals surface area (Å²) in [6.07, 6.45) is 6.86. The Hall–Kier alpha value is -2.78. The van der Waals surface area contributed by atoms with E-state index in [0.717, 1.165) is 43.9 Å². The number of carbonyl (C=O) groups excluding carboxylic acids is 2. The molecule has 1 heterocycles. The van der Waals surface area contributed by atoms with Gasteiger partial charge in [-0.25, -0.2) is 12.8 Å². The first-order chi connectivity index (χ1) is 17.2. The van der Waals surface area contributed by atoms with Gasteiger partial charge >= 0.3 is 0 Å². The fourth-order valence-electron chi connectivity index (χ4n) is 5.39. The van der Waals surface area contributed by atoms with Gasteiger partial charge < -0.3 is 5.32 Å². The van der Waals surface area contributed by atoms with Crippen LogP contribution < -0.4 is 10.2 Å². The molecule has 2 aliphatic rings. The Morgan fingerprint density at radius 3 is 2.42 bits per heavy atom. The number of anilines is 1. The number of carbonyl (C=O) groups is 2. The SMILES string of the molecule is Cc1ccccc1C(C(=O)NC1CCCCC1)N(C(=O)C1CCCN1S(C)(=O)=O)c1cccc(F)c1. The molecule has 4 rings (SSSR count). The Balaban J connectivity index is 1.82. The molecule has 7 nitrogen and oxygen atoms in total. The normalized spacial score (nSPS) is 20.1. The highest BCUT2D eigenvalue weighted by atomic mass is 32.2. The van der Waals surface area contributed by atoms with Gasteiger partial charge in [0.05, 0.1) is 6.26 Å². The molecule has 1 N–H and O–H groups in total. The molecule has 194 valence electrons. The molecule has 9 heteroatoms. The van der Waals surface area contributed by atoms with Crippen LogP contribution in [0.2, 0.25) is 0 Å². The highest BCUT2D eigenvalue weighted by Crippen LogP contribution is 2.34. The topological polar surface area (TPSA) is 86.8 Å². The lowest BCUT2D eigenvalue weighted by Gasteiger charge is -2.36. The van der Waals surface area contributed by atoms with Crippen molar-refractivity contribution in [2.45, 2.75) is 70.0 Å². The number of aryl methyl sites for hydroxylation is 1. The summed E-state index contributed by atoms with van der Waals surface area (Å²) in [5.41, 5.74) is 1.64. The van der Waals surface area contributed by atoms with Gasteiger partial charge in [0.25, 0.3) is 0 Å². The Morgan fingerprint density at radius 2 is 1.75 bits per heavy atom. The molecular weight excluding hydrogens is 481 g/mol.